The van der Waals surface area contributed by atoms with Crippen molar-refractivity contribution >= 4 is 22.8 Å². The first-order valence-electron chi connectivity index (χ1n) is 12.0. The van der Waals surface area contributed by atoms with Crippen molar-refractivity contribution in [3.63, 3.8) is 0 Å². The molecule has 31 heavy (non-hydrogen) atoms. The summed E-state index contributed by atoms with van der Waals surface area (Å²) in [5, 5.41) is 5.38. The highest BCUT2D eigenvalue weighted by Crippen LogP contribution is 2.34. The zero-order valence-corrected chi connectivity index (χ0v) is 18.6. The fourth-order valence-corrected chi connectivity index (χ4v) is 5.77. The van der Waals surface area contributed by atoms with Crippen LogP contribution in [0.1, 0.15) is 51.4 Å². The third-order valence-electron chi connectivity index (χ3n) is 7.54. The second-order valence-electron chi connectivity index (χ2n) is 9.36. The number of aromatic nitrogens is 4. The van der Waals surface area contributed by atoms with Crippen LogP contribution in [0.2, 0.25) is 0 Å². The predicted molar refractivity (Wildman–Crippen MR) is 119 cm³/mol. The highest BCUT2D eigenvalue weighted by Gasteiger charge is 2.37. The summed E-state index contributed by atoms with van der Waals surface area (Å²) < 4.78 is 7.30. The van der Waals surface area contributed by atoms with Crippen LogP contribution in [0.5, 0.6) is 0 Å². The Labute approximate surface area is 184 Å². The Balaban J connectivity index is 1.29. The molecule has 3 aliphatic heterocycles. The Morgan fingerprint density at radius 2 is 1.81 bits per heavy atom. The van der Waals surface area contributed by atoms with E-state index in [0.29, 0.717) is 17.9 Å². The summed E-state index contributed by atoms with van der Waals surface area (Å²) in [6.07, 6.45) is 12.3. The molecule has 0 radical (unpaired) electrons. The van der Waals surface area contributed by atoms with E-state index < -0.39 is 0 Å². The molecule has 0 spiro atoms. The number of carbonyl (C=O) groups is 1. The van der Waals surface area contributed by atoms with Gasteiger partial charge in [-0.05, 0) is 44.4 Å². The van der Waals surface area contributed by atoms with Gasteiger partial charge in [0.25, 0.3) is 0 Å². The molecule has 3 aliphatic rings. The van der Waals surface area contributed by atoms with Crippen molar-refractivity contribution in [2.45, 2.75) is 57.4 Å². The summed E-state index contributed by atoms with van der Waals surface area (Å²) in [5.74, 6) is 2.12. The number of amides is 1. The van der Waals surface area contributed by atoms with E-state index in [2.05, 4.69) is 24.9 Å². The standard InChI is InChI=1S/C23H34N6O2/c1-27-21-19(15-26-27)22(25-16-24-21)28-11-6-17(7-12-28)20-5-3-2-4-10-29(20)23(30)18-8-13-31-14-9-18/h15-18,20H,2-14H2,1H3/t20-/m0/s1. The zero-order valence-electron chi connectivity index (χ0n) is 18.6. The van der Waals surface area contributed by atoms with Crippen molar-refractivity contribution < 1.29 is 9.53 Å². The highest BCUT2D eigenvalue weighted by atomic mass is 16.5. The molecule has 3 saturated heterocycles. The Kier molecular flexibility index (Phi) is 6.07. The van der Waals surface area contributed by atoms with Crippen molar-refractivity contribution in [1.29, 1.82) is 0 Å². The second kappa shape index (κ2) is 9.10. The average Bonchev–Trinajstić information content (AvgIpc) is 3.05. The van der Waals surface area contributed by atoms with Gasteiger partial charge in [-0.1, -0.05) is 12.8 Å². The normalized spacial score (nSPS) is 24.5. The van der Waals surface area contributed by atoms with Crippen LogP contribution in [-0.2, 0) is 16.6 Å². The van der Waals surface area contributed by atoms with Gasteiger partial charge in [0.15, 0.2) is 5.65 Å². The summed E-state index contributed by atoms with van der Waals surface area (Å²) >= 11 is 0. The third-order valence-corrected chi connectivity index (χ3v) is 7.54. The molecule has 0 N–H and O–H groups in total. The van der Waals surface area contributed by atoms with Crippen molar-refractivity contribution in [2.75, 3.05) is 37.7 Å². The van der Waals surface area contributed by atoms with E-state index in [1.165, 1.54) is 12.8 Å². The number of likely N-dealkylation sites (tertiary alicyclic amines) is 1. The van der Waals surface area contributed by atoms with Crippen LogP contribution in [0, 0.1) is 11.8 Å². The van der Waals surface area contributed by atoms with E-state index in [9.17, 15) is 4.79 Å². The summed E-state index contributed by atoms with van der Waals surface area (Å²) in [6.45, 7) is 4.34. The van der Waals surface area contributed by atoms with Crippen LogP contribution in [0.25, 0.3) is 11.0 Å². The van der Waals surface area contributed by atoms with Crippen molar-refractivity contribution in [1.82, 2.24) is 24.6 Å². The number of fused-ring (bicyclic) bond motifs is 1. The largest absolute Gasteiger partial charge is 0.381 e. The Morgan fingerprint density at radius 3 is 2.61 bits per heavy atom. The van der Waals surface area contributed by atoms with Gasteiger partial charge in [0.2, 0.25) is 5.91 Å². The lowest BCUT2D eigenvalue weighted by Gasteiger charge is -2.42. The third kappa shape index (κ3) is 4.14. The topological polar surface area (TPSA) is 76.4 Å². The smallest absolute Gasteiger partial charge is 0.226 e. The maximum atomic E-state index is 13.4. The van der Waals surface area contributed by atoms with E-state index >= 15 is 0 Å². The minimum absolute atomic E-state index is 0.161. The lowest BCUT2D eigenvalue weighted by atomic mass is 9.85. The molecule has 0 unspecified atom stereocenters. The molecule has 1 amide bonds. The van der Waals surface area contributed by atoms with Gasteiger partial charge in [-0.15, -0.1) is 0 Å². The first kappa shape index (κ1) is 20.7. The van der Waals surface area contributed by atoms with Crippen LogP contribution < -0.4 is 4.90 Å². The number of hydrogen-bond acceptors (Lipinski definition) is 6. The van der Waals surface area contributed by atoms with Gasteiger partial charge >= 0.3 is 0 Å². The molecule has 3 fully saturated rings. The van der Waals surface area contributed by atoms with Gasteiger partial charge in [0.05, 0.1) is 11.6 Å². The van der Waals surface area contributed by atoms with Crippen LogP contribution >= 0.6 is 0 Å². The second-order valence-corrected chi connectivity index (χ2v) is 9.36. The summed E-state index contributed by atoms with van der Waals surface area (Å²) in [7, 11) is 1.92. The maximum absolute atomic E-state index is 13.4. The summed E-state index contributed by atoms with van der Waals surface area (Å²) in [6, 6.07) is 0.392. The first-order chi connectivity index (χ1) is 15.2. The average molecular weight is 427 g/mol. The molecule has 2 aromatic heterocycles. The van der Waals surface area contributed by atoms with Gasteiger partial charge < -0.3 is 14.5 Å². The van der Waals surface area contributed by atoms with Gasteiger partial charge in [0.1, 0.15) is 12.1 Å². The number of rotatable bonds is 3. The van der Waals surface area contributed by atoms with Crippen LogP contribution in [0.4, 0.5) is 5.82 Å². The predicted octanol–water partition coefficient (Wildman–Crippen LogP) is 2.78. The molecular weight excluding hydrogens is 392 g/mol. The van der Waals surface area contributed by atoms with E-state index in [0.717, 1.165) is 88.2 Å². The first-order valence-corrected chi connectivity index (χ1v) is 12.0. The quantitative estimate of drug-likeness (QED) is 0.751. The summed E-state index contributed by atoms with van der Waals surface area (Å²) in [5.41, 5.74) is 0.879. The molecule has 8 heteroatoms. The van der Waals surface area contributed by atoms with E-state index in [-0.39, 0.29) is 5.92 Å². The number of anilines is 1. The molecule has 0 aromatic carbocycles. The summed E-state index contributed by atoms with van der Waals surface area (Å²) in [4.78, 5) is 27.1. The minimum Gasteiger partial charge on any atom is -0.381 e. The van der Waals surface area contributed by atoms with Crippen LogP contribution in [0.15, 0.2) is 12.5 Å². The number of nitrogens with zero attached hydrogens (tertiary/aromatic N) is 6. The molecule has 2 aromatic rings. The molecule has 5 rings (SSSR count). The van der Waals surface area contributed by atoms with E-state index in [1.807, 2.05) is 13.2 Å². The molecule has 8 nitrogen and oxygen atoms in total. The number of ether oxygens (including phenoxy) is 1. The molecule has 0 bridgehead atoms. The van der Waals surface area contributed by atoms with Crippen LogP contribution in [-0.4, -0.2) is 69.4 Å². The monoisotopic (exact) mass is 426 g/mol. The maximum Gasteiger partial charge on any atom is 0.226 e. The van der Waals surface area contributed by atoms with Gasteiger partial charge in [0, 0.05) is 51.9 Å². The molecule has 0 aliphatic carbocycles. The van der Waals surface area contributed by atoms with Gasteiger partial charge in [-0.25, -0.2) is 9.97 Å². The lowest BCUT2D eigenvalue weighted by molar-refractivity contribution is -0.142. The minimum atomic E-state index is 0.161. The SMILES string of the molecule is Cn1ncc2c(N3CCC([C@@H]4CCCCCN4C(=O)C4CCOCC4)CC3)ncnc21. The Bertz CT molecular complexity index is 901. The zero-order chi connectivity index (χ0) is 21.2. The molecular formula is C23H34N6O2. The van der Waals surface area contributed by atoms with Gasteiger partial charge in [-0.2, -0.15) is 5.10 Å². The Morgan fingerprint density at radius 1 is 1.00 bits per heavy atom. The Hall–Kier alpha value is -2.22. The fourth-order valence-electron chi connectivity index (χ4n) is 5.77. The fraction of sp³-hybridized carbons (Fsp3) is 0.739. The number of hydrogen-bond donors (Lipinski definition) is 0. The van der Waals surface area contributed by atoms with Crippen molar-refractivity contribution in [3.05, 3.63) is 12.5 Å². The molecule has 0 saturated carbocycles. The van der Waals surface area contributed by atoms with Crippen molar-refractivity contribution in [3.8, 4) is 0 Å². The molecule has 5 heterocycles. The number of carbonyl (C=O) groups excluding carboxylic acids is 1. The molecule has 1 atom stereocenters. The van der Waals surface area contributed by atoms with Crippen LogP contribution in [0.3, 0.4) is 0 Å². The van der Waals surface area contributed by atoms with E-state index in [4.69, 9.17) is 4.74 Å². The number of piperidine rings is 1. The number of aryl methyl sites for hydroxylation is 1. The van der Waals surface area contributed by atoms with E-state index in [1.54, 1.807) is 11.0 Å². The highest BCUT2D eigenvalue weighted by molar-refractivity contribution is 5.86. The molecule has 168 valence electrons. The van der Waals surface area contributed by atoms with Crippen molar-refractivity contribution in [2.24, 2.45) is 18.9 Å². The van der Waals surface area contributed by atoms with Gasteiger partial charge in [-0.3, -0.25) is 9.48 Å². The lowest BCUT2D eigenvalue weighted by Crippen LogP contribution is -2.50.